The Hall–Kier alpha value is -2.00. The van der Waals surface area contributed by atoms with Crippen LogP contribution in [0.4, 0.5) is 5.82 Å². The molecule has 0 aromatic carbocycles. The van der Waals surface area contributed by atoms with Gasteiger partial charge in [-0.05, 0) is 25.0 Å². The number of nitrogens with zero attached hydrogens (tertiary/aromatic N) is 4. The Balaban J connectivity index is 1.38. The van der Waals surface area contributed by atoms with Crippen molar-refractivity contribution in [2.45, 2.75) is 31.5 Å². The summed E-state index contributed by atoms with van der Waals surface area (Å²) in [5.74, 6) is 1.64. The van der Waals surface area contributed by atoms with Crippen molar-refractivity contribution < 1.29 is 0 Å². The third-order valence-corrected chi connectivity index (χ3v) is 6.42. The van der Waals surface area contributed by atoms with Gasteiger partial charge in [-0.1, -0.05) is 6.07 Å². The minimum absolute atomic E-state index is 0.230. The van der Waals surface area contributed by atoms with Crippen LogP contribution < -0.4 is 26.4 Å². The summed E-state index contributed by atoms with van der Waals surface area (Å²) in [4.78, 5) is 7.54. The van der Waals surface area contributed by atoms with E-state index in [2.05, 4.69) is 56.7 Å². The van der Waals surface area contributed by atoms with Gasteiger partial charge in [0.2, 0.25) is 0 Å². The third kappa shape index (κ3) is 3.30. The van der Waals surface area contributed by atoms with Crippen LogP contribution in [0.25, 0.3) is 0 Å². The van der Waals surface area contributed by atoms with Crippen molar-refractivity contribution in [3.8, 4) is 0 Å². The lowest BCUT2D eigenvalue weighted by atomic mass is 9.82. The van der Waals surface area contributed by atoms with Crippen molar-refractivity contribution in [2.24, 2.45) is 13.0 Å². The first-order chi connectivity index (χ1) is 13.7. The number of nitrogens with one attached hydrogen (secondary N) is 4. The Labute approximate surface area is 166 Å². The molecule has 0 aliphatic carbocycles. The largest absolute Gasteiger partial charge is 0.354 e. The highest BCUT2D eigenvalue weighted by atomic mass is 15.4. The second-order valence-corrected chi connectivity index (χ2v) is 8.29. The van der Waals surface area contributed by atoms with Gasteiger partial charge in [-0.3, -0.25) is 10.1 Å². The number of anilines is 1. The maximum absolute atomic E-state index is 5.13. The van der Waals surface area contributed by atoms with E-state index in [1.165, 1.54) is 11.1 Å². The molecule has 2 aromatic heterocycles. The van der Waals surface area contributed by atoms with Crippen LogP contribution in [0.15, 0.2) is 24.5 Å². The lowest BCUT2D eigenvalue weighted by Gasteiger charge is -2.34. The number of fused-ring (bicyclic) bond motifs is 1. The average Bonchev–Trinajstić information content (AvgIpc) is 3.35. The SMILES string of the molecule is Cc1ccc(C2NNC3CNC(c4cnn(C)c4)CC32)nc1N1CCNCC1. The van der Waals surface area contributed by atoms with Gasteiger partial charge in [0.1, 0.15) is 5.82 Å². The van der Waals surface area contributed by atoms with Crippen molar-refractivity contribution in [3.05, 3.63) is 41.3 Å². The number of hydrogen-bond donors (Lipinski definition) is 4. The van der Waals surface area contributed by atoms with E-state index in [-0.39, 0.29) is 6.04 Å². The average molecular weight is 383 g/mol. The van der Waals surface area contributed by atoms with E-state index in [4.69, 9.17) is 4.98 Å². The topological polar surface area (TPSA) is 82.1 Å². The first kappa shape index (κ1) is 18.1. The van der Waals surface area contributed by atoms with E-state index >= 15 is 0 Å². The van der Waals surface area contributed by atoms with E-state index in [0.717, 1.165) is 50.7 Å². The van der Waals surface area contributed by atoms with Crippen LogP contribution in [-0.2, 0) is 7.05 Å². The summed E-state index contributed by atoms with van der Waals surface area (Å²) in [6.07, 6.45) is 5.17. The predicted molar refractivity (Wildman–Crippen MR) is 109 cm³/mol. The van der Waals surface area contributed by atoms with Gasteiger partial charge in [-0.25, -0.2) is 10.4 Å². The lowest BCUT2D eigenvalue weighted by molar-refractivity contribution is 0.265. The maximum atomic E-state index is 5.13. The first-order valence-corrected chi connectivity index (χ1v) is 10.4. The zero-order chi connectivity index (χ0) is 19.1. The molecular formula is C20H30N8. The number of aryl methyl sites for hydroxylation is 2. The minimum atomic E-state index is 0.230. The van der Waals surface area contributed by atoms with Crippen molar-refractivity contribution >= 4 is 5.82 Å². The normalized spacial score (nSPS) is 30.4. The van der Waals surface area contributed by atoms with E-state index in [1.54, 1.807) is 0 Å². The fourth-order valence-electron chi connectivity index (χ4n) is 4.84. The number of pyridine rings is 1. The standard InChI is InChI=1S/C20H30N8/c1-13-3-4-16(24-20(13)28-7-5-21-6-8-28)19-15-9-17(14-10-23-27(2)12-14)22-11-18(15)25-26-19/h3-4,10,12,15,17-19,21-22,25-26H,5-9,11H2,1-2H3. The zero-order valence-corrected chi connectivity index (χ0v) is 16.7. The molecule has 4 atom stereocenters. The fourth-order valence-corrected chi connectivity index (χ4v) is 4.84. The Morgan fingerprint density at radius 1 is 1.14 bits per heavy atom. The fraction of sp³-hybridized carbons (Fsp3) is 0.600. The third-order valence-electron chi connectivity index (χ3n) is 6.42. The van der Waals surface area contributed by atoms with Crippen molar-refractivity contribution in [1.82, 2.24) is 36.2 Å². The molecule has 4 N–H and O–H groups in total. The summed E-state index contributed by atoms with van der Waals surface area (Å²) < 4.78 is 1.88. The summed E-state index contributed by atoms with van der Waals surface area (Å²) in [6.45, 7) is 7.21. The minimum Gasteiger partial charge on any atom is -0.354 e. The molecule has 0 amide bonds. The molecule has 3 saturated heterocycles. The predicted octanol–water partition coefficient (Wildman–Crippen LogP) is 0.401. The molecule has 5 heterocycles. The number of hydrazine groups is 1. The monoisotopic (exact) mass is 382 g/mol. The van der Waals surface area contributed by atoms with E-state index in [0.29, 0.717) is 18.0 Å². The van der Waals surface area contributed by atoms with Crippen LogP contribution in [0, 0.1) is 12.8 Å². The number of hydrogen-bond acceptors (Lipinski definition) is 7. The Morgan fingerprint density at radius 3 is 2.79 bits per heavy atom. The van der Waals surface area contributed by atoms with Gasteiger partial charge >= 0.3 is 0 Å². The summed E-state index contributed by atoms with van der Waals surface area (Å²) in [5, 5.41) is 11.5. The molecule has 3 aliphatic heterocycles. The Kier molecular flexibility index (Phi) is 4.80. The van der Waals surface area contributed by atoms with Gasteiger partial charge in [0, 0.05) is 69.5 Å². The number of piperidine rings is 1. The number of rotatable bonds is 3. The number of aromatic nitrogens is 3. The number of piperazine rings is 1. The van der Waals surface area contributed by atoms with Crippen LogP contribution in [0.1, 0.15) is 35.3 Å². The molecule has 3 aliphatic rings. The quantitative estimate of drug-likeness (QED) is 0.612. The molecule has 8 heteroatoms. The smallest absolute Gasteiger partial charge is 0.131 e. The highest BCUT2D eigenvalue weighted by Gasteiger charge is 2.42. The molecule has 3 fully saturated rings. The van der Waals surface area contributed by atoms with Gasteiger partial charge in [0.05, 0.1) is 17.9 Å². The Bertz CT molecular complexity index is 827. The molecule has 8 nitrogen and oxygen atoms in total. The van der Waals surface area contributed by atoms with Crippen molar-refractivity contribution in [2.75, 3.05) is 37.6 Å². The molecule has 0 saturated carbocycles. The molecule has 2 aromatic rings. The molecule has 150 valence electrons. The summed E-state index contributed by atoms with van der Waals surface area (Å²) >= 11 is 0. The maximum Gasteiger partial charge on any atom is 0.131 e. The summed E-state index contributed by atoms with van der Waals surface area (Å²) in [5.41, 5.74) is 10.7. The summed E-state index contributed by atoms with van der Waals surface area (Å²) in [6, 6.07) is 5.42. The molecule has 4 unspecified atom stereocenters. The van der Waals surface area contributed by atoms with Crippen LogP contribution in [0.3, 0.4) is 0 Å². The molecule has 0 radical (unpaired) electrons. The lowest BCUT2D eigenvalue weighted by Crippen LogP contribution is -2.46. The highest BCUT2D eigenvalue weighted by Crippen LogP contribution is 2.38. The summed E-state index contributed by atoms with van der Waals surface area (Å²) in [7, 11) is 1.98. The first-order valence-electron chi connectivity index (χ1n) is 10.4. The van der Waals surface area contributed by atoms with Crippen LogP contribution in [0.5, 0.6) is 0 Å². The van der Waals surface area contributed by atoms with Crippen LogP contribution >= 0.6 is 0 Å². The van der Waals surface area contributed by atoms with Gasteiger partial charge in [0.25, 0.3) is 0 Å². The second kappa shape index (κ2) is 7.44. The van der Waals surface area contributed by atoms with Crippen molar-refractivity contribution in [3.63, 3.8) is 0 Å². The highest BCUT2D eigenvalue weighted by molar-refractivity contribution is 5.48. The van der Waals surface area contributed by atoms with E-state index < -0.39 is 0 Å². The van der Waals surface area contributed by atoms with Crippen molar-refractivity contribution in [1.29, 1.82) is 0 Å². The van der Waals surface area contributed by atoms with E-state index in [1.807, 2.05) is 17.9 Å². The van der Waals surface area contributed by atoms with Crippen LogP contribution in [0.2, 0.25) is 0 Å². The molecular weight excluding hydrogens is 352 g/mol. The van der Waals surface area contributed by atoms with Gasteiger partial charge in [-0.2, -0.15) is 5.10 Å². The zero-order valence-electron chi connectivity index (χ0n) is 16.7. The second-order valence-electron chi connectivity index (χ2n) is 8.29. The van der Waals surface area contributed by atoms with Crippen LogP contribution in [-0.4, -0.2) is 53.5 Å². The van der Waals surface area contributed by atoms with Gasteiger partial charge < -0.3 is 15.5 Å². The molecule has 5 rings (SSSR count). The van der Waals surface area contributed by atoms with Gasteiger partial charge in [0.15, 0.2) is 0 Å². The van der Waals surface area contributed by atoms with E-state index in [9.17, 15) is 0 Å². The molecule has 0 spiro atoms. The van der Waals surface area contributed by atoms with Gasteiger partial charge in [-0.15, -0.1) is 0 Å². The Morgan fingerprint density at radius 2 is 2.00 bits per heavy atom. The molecule has 28 heavy (non-hydrogen) atoms. The molecule has 0 bridgehead atoms.